The first kappa shape index (κ1) is 9.71. The summed E-state index contributed by atoms with van der Waals surface area (Å²) in [6.07, 6.45) is 0.0474. The zero-order chi connectivity index (χ0) is 10.7. The summed E-state index contributed by atoms with van der Waals surface area (Å²) in [6, 6.07) is 9.87. The minimum absolute atomic E-state index is 0.0474. The predicted molar refractivity (Wildman–Crippen MR) is 55.5 cm³/mol. The Labute approximate surface area is 87.9 Å². The molecule has 4 heteroatoms. The Morgan fingerprint density at radius 1 is 1.20 bits per heavy atom. The van der Waals surface area contributed by atoms with Crippen molar-refractivity contribution in [3.05, 3.63) is 30.3 Å². The van der Waals surface area contributed by atoms with Crippen molar-refractivity contribution in [3.8, 4) is 17.5 Å². The molecule has 0 bridgehead atoms. The average molecular weight is 204 g/mol. The normalized spacial score (nSPS) is 10.6. The van der Waals surface area contributed by atoms with Gasteiger partial charge in [0.25, 0.3) is 5.89 Å². The number of nitrogens with zero attached hydrogens (tertiary/aromatic N) is 2. The maximum atomic E-state index is 5.30. The van der Waals surface area contributed by atoms with Crippen LogP contribution in [0.3, 0.4) is 0 Å². The van der Waals surface area contributed by atoms with E-state index in [0.717, 1.165) is 5.56 Å². The van der Waals surface area contributed by atoms with Gasteiger partial charge in [-0.2, -0.15) is 4.98 Å². The molecule has 0 atom stereocenters. The van der Waals surface area contributed by atoms with Crippen molar-refractivity contribution in [1.29, 1.82) is 0 Å². The molecule has 1 aromatic carbocycles. The Hall–Kier alpha value is -1.84. The largest absolute Gasteiger partial charge is 0.459 e. The molecule has 15 heavy (non-hydrogen) atoms. The first-order valence-electron chi connectivity index (χ1n) is 4.81. The second kappa shape index (κ2) is 4.13. The molecule has 0 aliphatic carbocycles. The number of rotatable bonds is 3. The summed E-state index contributed by atoms with van der Waals surface area (Å²) >= 11 is 0. The van der Waals surface area contributed by atoms with Crippen molar-refractivity contribution in [1.82, 2.24) is 10.1 Å². The molecule has 0 unspecified atom stereocenters. The lowest BCUT2D eigenvalue weighted by Gasteiger charge is -2.01. The van der Waals surface area contributed by atoms with Crippen LogP contribution >= 0.6 is 0 Å². The fourth-order valence-corrected chi connectivity index (χ4v) is 1.17. The first-order chi connectivity index (χ1) is 7.25. The summed E-state index contributed by atoms with van der Waals surface area (Å²) in [5, 5.41) is 3.72. The standard InChI is InChI=1S/C11H12N2O2/c1-8(2)14-11-12-10(15-13-11)9-6-4-3-5-7-9/h3-8H,1-2H3. The molecule has 4 nitrogen and oxygen atoms in total. The van der Waals surface area contributed by atoms with Gasteiger partial charge >= 0.3 is 6.01 Å². The van der Waals surface area contributed by atoms with Crippen LogP contribution in [0.1, 0.15) is 13.8 Å². The van der Waals surface area contributed by atoms with E-state index in [0.29, 0.717) is 5.89 Å². The highest BCUT2D eigenvalue weighted by Gasteiger charge is 2.09. The molecule has 1 heterocycles. The molecule has 0 N–H and O–H groups in total. The van der Waals surface area contributed by atoms with Crippen LogP contribution < -0.4 is 4.74 Å². The number of ether oxygens (including phenoxy) is 1. The average Bonchev–Trinajstić information content (AvgIpc) is 2.67. The molecule has 2 aromatic rings. The van der Waals surface area contributed by atoms with Crippen molar-refractivity contribution < 1.29 is 9.26 Å². The third kappa shape index (κ3) is 2.34. The van der Waals surface area contributed by atoms with Gasteiger partial charge in [-0.3, -0.25) is 0 Å². The van der Waals surface area contributed by atoms with E-state index >= 15 is 0 Å². The molecule has 1 aromatic heterocycles. The maximum Gasteiger partial charge on any atom is 0.354 e. The van der Waals surface area contributed by atoms with Gasteiger partial charge in [0.2, 0.25) is 0 Å². The SMILES string of the molecule is CC(C)Oc1noc(-c2ccccc2)n1. The molecule has 78 valence electrons. The van der Waals surface area contributed by atoms with Gasteiger partial charge in [-0.05, 0) is 31.1 Å². The van der Waals surface area contributed by atoms with E-state index in [1.54, 1.807) is 0 Å². The third-order valence-electron chi connectivity index (χ3n) is 1.77. The summed E-state index contributed by atoms with van der Waals surface area (Å²) in [5.74, 6) is 0.478. The molecule has 0 spiro atoms. The molecule has 0 aliphatic heterocycles. The van der Waals surface area contributed by atoms with Crippen LogP contribution in [-0.2, 0) is 0 Å². The maximum absolute atomic E-state index is 5.30. The van der Waals surface area contributed by atoms with E-state index < -0.39 is 0 Å². The zero-order valence-corrected chi connectivity index (χ0v) is 8.68. The van der Waals surface area contributed by atoms with Crippen LogP contribution in [0.15, 0.2) is 34.9 Å². The van der Waals surface area contributed by atoms with Crippen LogP contribution in [0.5, 0.6) is 6.01 Å². The van der Waals surface area contributed by atoms with E-state index in [1.807, 2.05) is 44.2 Å². The van der Waals surface area contributed by atoms with Gasteiger partial charge in [0.15, 0.2) is 0 Å². The van der Waals surface area contributed by atoms with Crippen molar-refractivity contribution in [3.63, 3.8) is 0 Å². The molecule has 0 amide bonds. The van der Waals surface area contributed by atoms with Gasteiger partial charge in [0.1, 0.15) is 0 Å². The second-order valence-electron chi connectivity index (χ2n) is 3.41. The van der Waals surface area contributed by atoms with Crippen LogP contribution in [-0.4, -0.2) is 16.2 Å². The lowest BCUT2D eigenvalue weighted by Crippen LogP contribution is -2.06. The number of benzene rings is 1. The summed E-state index contributed by atoms with van der Waals surface area (Å²) in [5.41, 5.74) is 0.892. The molecule has 0 saturated carbocycles. The highest BCUT2D eigenvalue weighted by molar-refractivity contribution is 5.52. The van der Waals surface area contributed by atoms with E-state index in [4.69, 9.17) is 9.26 Å². The minimum atomic E-state index is 0.0474. The number of aromatic nitrogens is 2. The highest BCUT2D eigenvalue weighted by atomic mass is 16.6. The first-order valence-corrected chi connectivity index (χ1v) is 4.81. The van der Waals surface area contributed by atoms with Crippen LogP contribution in [0, 0.1) is 0 Å². The Morgan fingerprint density at radius 3 is 2.60 bits per heavy atom. The Morgan fingerprint density at radius 2 is 1.93 bits per heavy atom. The van der Waals surface area contributed by atoms with Gasteiger partial charge in [0, 0.05) is 5.56 Å². The lowest BCUT2D eigenvalue weighted by molar-refractivity contribution is 0.212. The highest BCUT2D eigenvalue weighted by Crippen LogP contribution is 2.18. The summed E-state index contributed by atoms with van der Waals surface area (Å²) < 4.78 is 10.4. The van der Waals surface area contributed by atoms with Crippen LogP contribution in [0.2, 0.25) is 0 Å². The van der Waals surface area contributed by atoms with Gasteiger partial charge in [0.05, 0.1) is 6.10 Å². The fraction of sp³-hybridized carbons (Fsp3) is 0.273. The number of hydrogen-bond acceptors (Lipinski definition) is 4. The third-order valence-corrected chi connectivity index (χ3v) is 1.77. The summed E-state index contributed by atoms with van der Waals surface area (Å²) in [6.45, 7) is 3.83. The molecule has 0 fully saturated rings. The smallest absolute Gasteiger partial charge is 0.354 e. The summed E-state index contributed by atoms with van der Waals surface area (Å²) in [7, 11) is 0. The van der Waals surface area contributed by atoms with Crippen molar-refractivity contribution in [2.24, 2.45) is 0 Å². The van der Waals surface area contributed by atoms with Gasteiger partial charge in [-0.1, -0.05) is 18.2 Å². The molecule has 0 aliphatic rings. The van der Waals surface area contributed by atoms with E-state index in [2.05, 4.69) is 10.1 Å². The lowest BCUT2D eigenvalue weighted by atomic mass is 10.2. The molecule has 0 radical (unpaired) electrons. The molecular formula is C11H12N2O2. The van der Waals surface area contributed by atoms with Gasteiger partial charge in [-0.25, -0.2) is 0 Å². The zero-order valence-electron chi connectivity index (χ0n) is 8.68. The van der Waals surface area contributed by atoms with Crippen molar-refractivity contribution in [2.45, 2.75) is 20.0 Å². The quantitative estimate of drug-likeness (QED) is 0.770. The minimum Gasteiger partial charge on any atom is -0.459 e. The topological polar surface area (TPSA) is 48.2 Å². The van der Waals surface area contributed by atoms with Crippen molar-refractivity contribution >= 4 is 0 Å². The molecule has 2 rings (SSSR count). The van der Waals surface area contributed by atoms with E-state index in [9.17, 15) is 0 Å². The Balaban J connectivity index is 2.21. The Kier molecular flexibility index (Phi) is 2.67. The second-order valence-corrected chi connectivity index (χ2v) is 3.41. The molecular weight excluding hydrogens is 192 g/mol. The van der Waals surface area contributed by atoms with Gasteiger partial charge < -0.3 is 9.26 Å². The molecule has 0 saturated heterocycles. The van der Waals surface area contributed by atoms with Gasteiger partial charge in [-0.15, -0.1) is 0 Å². The Bertz CT molecular complexity index is 423. The van der Waals surface area contributed by atoms with Crippen LogP contribution in [0.25, 0.3) is 11.5 Å². The predicted octanol–water partition coefficient (Wildman–Crippen LogP) is 2.52. The number of hydrogen-bond donors (Lipinski definition) is 0. The van der Waals surface area contributed by atoms with E-state index in [-0.39, 0.29) is 12.1 Å². The monoisotopic (exact) mass is 204 g/mol. The summed E-state index contributed by atoms with van der Waals surface area (Å²) in [4.78, 5) is 4.12. The van der Waals surface area contributed by atoms with Crippen molar-refractivity contribution in [2.75, 3.05) is 0 Å². The van der Waals surface area contributed by atoms with Crippen LogP contribution in [0.4, 0.5) is 0 Å². The van der Waals surface area contributed by atoms with E-state index in [1.165, 1.54) is 0 Å². The fourth-order valence-electron chi connectivity index (χ4n) is 1.17.